The molecule has 4 aliphatic rings. The second-order valence-corrected chi connectivity index (χ2v) is 17.0. The minimum Gasteiger partial charge on any atom is -0.456 e. The lowest BCUT2D eigenvalue weighted by molar-refractivity contribution is -0.346. The summed E-state index contributed by atoms with van der Waals surface area (Å²) < 4.78 is 24.1. The molecule has 2 bridgehead atoms. The van der Waals surface area contributed by atoms with Crippen LogP contribution in [0, 0.1) is 22.7 Å². The number of nitrogens with one attached hydrogen (secondary N) is 1. The summed E-state index contributed by atoms with van der Waals surface area (Å²) in [7, 11) is 0. The van der Waals surface area contributed by atoms with E-state index >= 15 is 0 Å². The van der Waals surface area contributed by atoms with Gasteiger partial charge in [0.2, 0.25) is 5.91 Å². The van der Waals surface area contributed by atoms with Crippen LogP contribution in [0.1, 0.15) is 83.3 Å². The zero-order valence-corrected chi connectivity index (χ0v) is 33.6. The number of carbonyl (C=O) groups excluding carboxylic acids is 5. The Morgan fingerprint density at radius 3 is 2.09 bits per heavy atom. The van der Waals surface area contributed by atoms with Crippen LogP contribution < -0.4 is 5.32 Å². The molecule has 1 aliphatic heterocycles. The largest absolute Gasteiger partial charge is 0.456 e. The van der Waals surface area contributed by atoms with Crippen LogP contribution in [-0.2, 0) is 38.1 Å². The lowest BCUT2D eigenvalue weighted by Gasteiger charge is -2.67. The Morgan fingerprint density at radius 1 is 0.931 bits per heavy atom. The maximum Gasteiger partial charge on any atom is 0.338 e. The number of esters is 3. The van der Waals surface area contributed by atoms with Crippen LogP contribution in [0.5, 0.6) is 0 Å². The van der Waals surface area contributed by atoms with Crippen molar-refractivity contribution in [2.45, 2.75) is 121 Å². The van der Waals surface area contributed by atoms with Gasteiger partial charge in [0.25, 0.3) is 0 Å². The van der Waals surface area contributed by atoms with Gasteiger partial charge in [-0.3, -0.25) is 14.4 Å². The Bertz CT molecular complexity index is 1970. The van der Waals surface area contributed by atoms with Crippen LogP contribution in [0.4, 0.5) is 0 Å². The maximum atomic E-state index is 14.9. The molecule has 2 aromatic rings. The number of aliphatic hydroxyl groups is 5. The third-order valence-corrected chi connectivity index (χ3v) is 13.3. The number of carbonyl (C=O) groups is 5. The molecule has 1 amide bonds. The lowest BCUT2D eigenvalue weighted by Crippen LogP contribution is -2.81. The van der Waals surface area contributed by atoms with E-state index in [1.807, 2.05) is 0 Å². The second kappa shape index (κ2) is 15.6. The van der Waals surface area contributed by atoms with Crippen molar-refractivity contribution in [3.8, 4) is 0 Å². The minimum absolute atomic E-state index is 0.0710. The molecule has 6 rings (SSSR count). The highest BCUT2D eigenvalue weighted by Gasteiger charge is 2.78. The van der Waals surface area contributed by atoms with Crippen molar-refractivity contribution in [2.24, 2.45) is 22.7 Å². The van der Waals surface area contributed by atoms with Crippen LogP contribution >= 0.6 is 0 Å². The summed E-state index contributed by atoms with van der Waals surface area (Å²) in [6.07, 6.45) is -11.7. The predicted octanol–water partition coefficient (Wildman–Crippen LogP) is 1.87. The van der Waals surface area contributed by atoms with Gasteiger partial charge >= 0.3 is 17.9 Å². The van der Waals surface area contributed by atoms with E-state index in [9.17, 15) is 49.5 Å². The quantitative estimate of drug-likeness (QED) is 0.114. The Kier molecular flexibility index (Phi) is 11.6. The van der Waals surface area contributed by atoms with E-state index in [4.69, 9.17) is 18.9 Å². The van der Waals surface area contributed by atoms with E-state index in [0.717, 1.165) is 6.92 Å². The van der Waals surface area contributed by atoms with Gasteiger partial charge in [0.1, 0.15) is 30.0 Å². The van der Waals surface area contributed by atoms with Gasteiger partial charge in [0, 0.05) is 25.2 Å². The molecular weight excluding hydrogens is 754 g/mol. The number of ketones is 1. The van der Waals surface area contributed by atoms with Gasteiger partial charge in [-0.15, -0.1) is 0 Å². The zero-order chi connectivity index (χ0) is 42.7. The van der Waals surface area contributed by atoms with Crippen LogP contribution in [0.2, 0.25) is 0 Å². The van der Waals surface area contributed by atoms with Crippen molar-refractivity contribution in [1.29, 1.82) is 0 Å². The molecule has 2 aromatic carbocycles. The highest BCUT2D eigenvalue weighted by atomic mass is 16.6. The number of ether oxygens (including phenoxy) is 4. The molecule has 0 spiro atoms. The highest BCUT2D eigenvalue weighted by molar-refractivity contribution is 5.94. The minimum atomic E-state index is -2.36. The fourth-order valence-corrected chi connectivity index (χ4v) is 9.63. The van der Waals surface area contributed by atoms with E-state index in [1.165, 1.54) is 53.7 Å². The van der Waals surface area contributed by atoms with E-state index in [-0.39, 0.29) is 29.7 Å². The third kappa shape index (κ3) is 6.84. The summed E-state index contributed by atoms with van der Waals surface area (Å²) >= 11 is 0. The fourth-order valence-electron chi connectivity index (χ4n) is 9.63. The Morgan fingerprint density at radius 2 is 1.53 bits per heavy atom. The van der Waals surface area contributed by atoms with Gasteiger partial charge in [0.15, 0.2) is 17.5 Å². The van der Waals surface area contributed by atoms with Crippen molar-refractivity contribution in [1.82, 2.24) is 5.32 Å². The SMILES string of the molecule is CC(=O)O[C@@]12CO[C@@H]1C[C@@H](O)[C@@]1(C)C(=O)[C@H](O)C3=C(C)[C@@H](OC(=O)[C@H](O)[C@@H](NC(=O)C(C)C(C)O)c4ccccc4)C[C@@](O)([C@@H](OC(=O)c4ccccc4)[C@H]21)C3(C)C. The van der Waals surface area contributed by atoms with Gasteiger partial charge < -0.3 is 49.8 Å². The number of Topliss-reactive ketones (excluding diaryl/α,β-unsaturated/α-hetero) is 1. The van der Waals surface area contributed by atoms with Crippen LogP contribution in [-0.4, -0.2) is 116 Å². The highest BCUT2D eigenvalue weighted by Crippen LogP contribution is 2.64. The molecule has 58 heavy (non-hydrogen) atoms. The van der Waals surface area contributed by atoms with Gasteiger partial charge in [0.05, 0.1) is 47.7 Å². The molecule has 15 nitrogen and oxygen atoms in total. The molecule has 1 saturated heterocycles. The molecule has 15 heteroatoms. The zero-order valence-electron chi connectivity index (χ0n) is 33.6. The summed E-state index contributed by atoms with van der Waals surface area (Å²) in [4.78, 5) is 69.1. The molecule has 13 atom stereocenters. The molecule has 2 unspecified atom stereocenters. The normalized spacial score (nSPS) is 34.6. The van der Waals surface area contributed by atoms with Crippen molar-refractivity contribution >= 4 is 29.6 Å². The Labute approximate surface area is 336 Å². The third-order valence-electron chi connectivity index (χ3n) is 13.3. The molecular formula is C43H53NO14. The molecule has 0 radical (unpaired) electrons. The number of fused-ring (bicyclic) bond motifs is 5. The fraction of sp³-hybridized carbons (Fsp3) is 0.558. The number of benzene rings is 2. The number of amides is 1. The van der Waals surface area contributed by atoms with Gasteiger partial charge in [-0.25, -0.2) is 9.59 Å². The molecule has 1 heterocycles. The summed E-state index contributed by atoms with van der Waals surface area (Å²) in [5.74, 6) is -6.97. The van der Waals surface area contributed by atoms with Crippen molar-refractivity contribution in [3.05, 3.63) is 82.9 Å². The molecule has 3 aliphatic carbocycles. The first kappa shape index (κ1) is 43.1. The van der Waals surface area contributed by atoms with E-state index in [1.54, 1.807) is 48.5 Å². The molecule has 2 saturated carbocycles. The second-order valence-electron chi connectivity index (χ2n) is 17.0. The lowest BCUT2D eigenvalue weighted by atomic mass is 9.44. The van der Waals surface area contributed by atoms with Crippen molar-refractivity contribution in [3.63, 3.8) is 0 Å². The summed E-state index contributed by atoms with van der Waals surface area (Å²) in [5, 5.41) is 61.7. The van der Waals surface area contributed by atoms with Crippen molar-refractivity contribution < 1.29 is 68.5 Å². The van der Waals surface area contributed by atoms with Gasteiger partial charge in [-0.1, -0.05) is 69.3 Å². The first-order valence-corrected chi connectivity index (χ1v) is 19.5. The van der Waals surface area contributed by atoms with E-state index in [2.05, 4.69) is 5.32 Å². The Balaban J connectivity index is 1.49. The van der Waals surface area contributed by atoms with Crippen molar-refractivity contribution in [2.75, 3.05) is 6.61 Å². The topological polar surface area (TPSA) is 235 Å². The van der Waals surface area contributed by atoms with E-state index in [0.29, 0.717) is 5.56 Å². The molecule has 3 fully saturated rings. The average Bonchev–Trinajstić information content (AvgIpc) is 3.18. The maximum absolute atomic E-state index is 14.9. The van der Waals surface area contributed by atoms with E-state index < -0.39 is 119 Å². The summed E-state index contributed by atoms with van der Waals surface area (Å²) in [5.41, 5.74) is -7.27. The Hall–Kier alpha value is -4.51. The predicted molar refractivity (Wildman–Crippen MR) is 203 cm³/mol. The van der Waals surface area contributed by atoms with Crippen LogP contribution in [0.3, 0.4) is 0 Å². The number of hydrogen-bond acceptors (Lipinski definition) is 14. The number of hydrogen-bond donors (Lipinski definition) is 6. The standard InChI is InChI=1S/C43H53NO14/c1-21(23(3)45)37(51)44-31(25-14-10-8-11-15-25)33(49)39(53)56-27-19-43(54)36(57-38(52)26-16-12-9-13-17-26)34-41(7,35(50)32(48)30(22(27)2)40(43,5)6)28(47)18-29-42(34,20-55-29)58-24(4)46/h8-17,21,23,27-29,31-34,36,45,47-49,54H,18-20H2,1-7H3,(H,44,51)/t21?,23?,27-,28+,29+,31-,32+,33+,34-,36-,41+,42-,43+/m0/s1. The first-order chi connectivity index (χ1) is 27.1. The van der Waals surface area contributed by atoms with Gasteiger partial charge in [-0.05, 0) is 49.6 Å². The molecule has 0 aromatic heterocycles. The number of aliphatic hydroxyl groups excluding tert-OH is 4. The molecule has 314 valence electrons. The van der Waals surface area contributed by atoms with Crippen LogP contribution in [0.15, 0.2) is 71.8 Å². The number of rotatable bonds is 10. The van der Waals surface area contributed by atoms with Crippen LogP contribution in [0.25, 0.3) is 0 Å². The molecule has 6 N–H and O–H groups in total. The van der Waals surface area contributed by atoms with Gasteiger partial charge in [-0.2, -0.15) is 0 Å². The average molecular weight is 808 g/mol. The smallest absolute Gasteiger partial charge is 0.338 e. The summed E-state index contributed by atoms with van der Waals surface area (Å²) in [6, 6.07) is 14.6. The first-order valence-electron chi connectivity index (χ1n) is 19.5. The summed E-state index contributed by atoms with van der Waals surface area (Å²) in [6.45, 7) is 9.72. The monoisotopic (exact) mass is 807 g/mol.